The fourth-order valence-corrected chi connectivity index (χ4v) is 4.07. The molecule has 5 nitrogen and oxygen atoms in total. The Bertz CT molecular complexity index is 893. The first-order valence-electron chi connectivity index (χ1n) is 6.42. The monoisotopic (exact) mass is 367 g/mol. The van der Waals surface area contributed by atoms with Gasteiger partial charge in [0, 0.05) is 12.3 Å². The van der Waals surface area contributed by atoms with E-state index in [1.807, 2.05) is 0 Å². The summed E-state index contributed by atoms with van der Waals surface area (Å²) in [6.07, 6.45) is 1.62. The number of rotatable bonds is 5. The molecule has 0 unspecified atom stereocenters. The molecule has 0 amide bonds. The molecule has 2 heterocycles. The van der Waals surface area contributed by atoms with Gasteiger partial charge in [-0.05, 0) is 42.5 Å². The average Bonchev–Trinajstić information content (AvgIpc) is 2.98. The lowest BCUT2D eigenvalue weighted by molar-refractivity contribution is 0.459. The highest BCUT2D eigenvalue weighted by molar-refractivity contribution is 7.89. The van der Waals surface area contributed by atoms with Crippen molar-refractivity contribution < 1.29 is 17.3 Å². The Morgan fingerprint density at radius 2 is 1.70 bits per heavy atom. The van der Waals surface area contributed by atoms with E-state index >= 15 is 0 Å². The summed E-state index contributed by atoms with van der Waals surface area (Å²) in [6, 6.07) is 14.4. The van der Waals surface area contributed by atoms with Gasteiger partial charge in [-0.1, -0.05) is 17.7 Å². The first-order valence-corrected chi connectivity index (χ1v) is 9.02. The van der Waals surface area contributed by atoms with E-state index in [-0.39, 0.29) is 9.96 Å². The Labute approximate surface area is 142 Å². The van der Waals surface area contributed by atoms with Crippen molar-refractivity contribution in [1.82, 2.24) is 4.98 Å². The van der Waals surface area contributed by atoms with E-state index in [0.717, 1.165) is 11.3 Å². The summed E-state index contributed by atoms with van der Waals surface area (Å²) < 4.78 is 35.2. The first-order chi connectivity index (χ1) is 11.0. The van der Waals surface area contributed by atoms with Crippen molar-refractivity contribution >= 4 is 33.1 Å². The Morgan fingerprint density at radius 1 is 0.957 bits per heavy atom. The zero-order chi connectivity index (χ0) is 16.3. The van der Waals surface area contributed by atoms with E-state index in [1.165, 1.54) is 24.3 Å². The maximum absolute atomic E-state index is 12.1. The molecular formula is C15H10ClNO4S2. The Hall–Kier alpha value is -2.09. The van der Waals surface area contributed by atoms with Gasteiger partial charge in [0.2, 0.25) is 5.88 Å². The molecule has 0 saturated carbocycles. The predicted molar refractivity (Wildman–Crippen MR) is 87.9 cm³/mol. The maximum atomic E-state index is 12.1. The summed E-state index contributed by atoms with van der Waals surface area (Å²) in [6.45, 7) is 0. The normalized spacial score (nSPS) is 11.2. The zero-order valence-electron chi connectivity index (χ0n) is 11.5. The van der Waals surface area contributed by atoms with Gasteiger partial charge in [-0.2, -0.15) is 8.42 Å². The minimum Gasteiger partial charge on any atom is -0.439 e. The molecule has 0 atom stereocenters. The summed E-state index contributed by atoms with van der Waals surface area (Å²) in [5.41, 5.74) is 0. The molecule has 2 aromatic heterocycles. The van der Waals surface area contributed by atoms with Crippen LogP contribution in [0.15, 0.2) is 65.0 Å². The highest BCUT2D eigenvalue weighted by Crippen LogP contribution is 2.29. The Kier molecular flexibility index (Phi) is 4.51. The van der Waals surface area contributed by atoms with E-state index in [4.69, 9.17) is 20.5 Å². The zero-order valence-corrected chi connectivity index (χ0v) is 13.9. The molecule has 3 rings (SSSR count). The van der Waals surface area contributed by atoms with Gasteiger partial charge < -0.3 is 8.92 Å². The van der Waals surface area contributed by atoms with Crippen LogP contribution in [0.3, 0.4) is 0 Å². The lowest BCUT2D eigenvalue weighted by Crippen LogP contribution is -2.07. The summed E-state index contributed by atoms with van der Waals surface area (Å²) >= 11 is 6.68. The number of ether oxygens (including phenoxy) is 1. The highest BCUT2D eigenvalue weighted by atomic mass is 35.5. The summed E-state index contributed by atoms with van der Waals surface area (Å²) in [5.74, 6) is 1.15. The number of nitrogens with zero attached hydrogens (tertiary/aromatic N) is 1. The SMILES string of the molecule is O=S(=O)(Oc1ccc(Oc2ccccn2)cc1)c1ccc(Cl)s1. The number of aromatic nitrogens is 1. The molecule has 0 aliphatic carbocycles. The third-order valence-electron chi connectivity index (χ3n) is 2.68. The van der Waals surface area contributed by atoms with Crippen LogP contribution in [0.1, 0.15) is 0 Å². The van der Waals surface area contributed by atoms with E-state index < -0.39 is 10.1 Å². The minimum absolute atomic E-state index is 0.0521. The smallest absolute Gasteiger partial charge is 0.348 e. The second-order valence-electron chi connectivity index (χ2n) is 4.34. The number of pyridine rings is 1. The van der Waals surface area contributed by atoms with Crippen LogP contribution >= 0.6 is 22.9 Å². The topological polar surface area (TPSA) is 65.5 Å². The highest BCUT2D eigenvalue weighted by Gasteiger charge is 2.19. The number of thiophene rings is 1. The number of benzene rings is 1. The molecule has 0 radical (unpaired) electrons. The molecule has 1 aromatic carbocycles. The molecule has 0 aliphatic heterocycles. The van der Waals surface area contributed by atoms with Gasteiger partial charge in [-0.25, -0.2) is 4.98 Å². The number of halogens is 1. The fourth-order valence-electron chi connectivity index (χ4n) is 1.69. The van der Waals surface area contributed by atoms with Crippen molar-refractivity contribution in [3.63, 3.8) is 0 Å². The second-order valence-corrected chi connectivity index (χ2v) is 7.83. The van der Waals surface area contributed by atoms with E-state index in [0.29, 0.717) is 16.0 Å². The van der Waals surface area contributed by atoms with Gasteiger partial charge in [-0.15, -0.1) is 11.3 Å². The lowest BCUT2D eigenvalue weighted by atomic mass is 10.3. The van der Waals surface area contributed by atoms with Crippen molar-refractivity contribution in [3.05, 3.63) is 65.1 Å². The molecular weight excluding hydrogens is 358 g/mol. The summed E-state index contributed by atoms with van der Waals surface area (Å²) in [7, 11) is -3.88. The molecule has 0 N–H and O–H groups in total. The van der Waals surface area contributed by atoms with E-state index in [2.05, 4.69) is 4.98 Å². The largest absolute Gasteiger partial charge is 0.439 e. The predicted octanol–water partition coefficient (Wildman–Crippen LogP) is 4.36. The fraction of sp³-hybridized carbons (Fsp3) is 0. The van der Waals surface area contributed by atoms with Crippen LogP contribution in [0, 0.1) is 0 Å². The van der Waals surface area contributed by atoms with Gasteiger partial charge in [0.15, 0.2) is 4.21 Å². The molecule has 23 heavy (non-hydrogen) atoms. The third-order valence-corrected chi connectivity index (χ3v) is 5.61. The quantitative estimate of drug-likeness (QED) is 0.627. The number of hydrogen-bond donors (Lipinski definition) is 0. The molecule has 0 fully saturated rings. The Balaban J connectivity index is 1.72. The van der Waals surface area contributed by atoms with Crippen LogP contribution in [-0.2, 0) is 10.1 Å². The number of hydrogen-bond acceptors (Lipinski definition) is 6. The van der Waals surface area contributed by atoms with Gasteiger partial charge in [0.25, 0.3) is 0 Å². The van der Waals surface area contributed by atoms with Crippen molar-refractivity contribution in [2.45, 2.75) is 4.21 Å². The minimum atomic E-state index is -3.88. The van der Waals surface area contributed by atoms with E-state index in [1.54, 1.807) is 36.5 Å². The molecule has 118 valence electrons. The van der Waals surface area contributed by atoms with Gasteiger partial charge in [0.1, 0.15) is 11.5 Å². The maximum Gasteiger partial charge on any atom is 0.348 e. The van der Waals surface area contributed by atoms with Crippen molar-refractivity contribution in [1.29, 1.82) is 0 Å². The van der Waals surface area contributed by atoms with Gasteiger partial charge >= 0.3 is 10.1 Å². The summed E-state index contributed by atoms with van der Waals surface area (Å²) in [4.78, 5) is 4.04. The molecule has 0 bridgehead atoms. The second kappa shape index (κ2) is 6.57. The first kappa shape index (κ1) is 15.8. The van der Waals surface area contributed by atoms with Crippen LogP contribution in [0.5, 0.6) is 17.4 Å². The van der Waals surface area contributed by atoms with Crippen molar-refractivity contribution in [3.8, 4) is 17.4 Å². The van der Waals surface area contributed by atoms with Crippen LogP contribution in [0.2, 0.25) is 4.34 Å². The molecule has 0 spiro atoms. The van der Waals surface area contributed by atoms with Gasteiger partial charge in [0.05, 0.1) is 4.34 Å². The van der Waals surface area contributed by atoms with Gasteiger partial charge in [-0.3, -0.25) is 0 Å². The van der Waals surface area contributed by atoms with Crippen molar-refractivity contribution in [2.75, 3.05) is 0 Å². The van der Waals surface area contributed by atoms with Crippen LogP contribution < -0.4 is 8.92 Å². The van der Waals surface area contributed by atoms with Crippen LogP contribution in [-0.4, -0.2) is 13.4 Å². The summed E-state index contributed by atoms with van der Waals surface area (Å²) in [5, 5.41) is 0. The average molecular weight is 368 g/mol. The molecule has 3 aromatic rings. The Morgan fingerprint density at radius 3 is 2.30 bits per heavy atom. The van der Waals surface area contributed by atoms with Crippen LogP contribution in [0.4, 0.5) is 0 Å². The third kappa shape index (κ3) is 4.01. The lowest BCUT2D eigenvalue weighted by Gasteiger charge is -2.07. The molecule has 8 heteroatoms. The van der Waals surface area contributed by atoms with Crippen molar-refractivity contribution in [2.24, 2.45) is 0 Å². The van der Waals surface area contributed by atoms with Crippen LogP contribution in [0.25, 0.3) is 0 Å². The molecule has 0 aliphatic rings. The standard InChI is InChI=1S/C15H10ClNO4S2/c16-13-8-9-15(22-13)23(18,19)21-12-6-4-11(5-7-12)20-14-3-1-2-10-17-14/h1-10H. The van der Waals surface area contributed by atoms with E-state index in [9.17, 15) is 8.42 Å². The molecule has 0 saturated heterocycles.